The average Bonchev–Trinajstić information content (AvgIpc) is 3.46. The van der Waals surface area contributed by atoms with Gasteiger partial charge in [0, 0.05) is 16.4 Å². The van der Waals surface area contributed by atoms with E-state index >= 15 is 0 Å². The molecule has 166 valence electrons. The number of anilines is 1. The van der Waals surface area contributed by atoms with Crippen molar-refractivity contribution in [1.82, 2.24) is 10.3 Å². The Balaban J connectivity index is 1.32. The summed E-state index contributed by atoms with van der Waals surface area (Å²) in [5.41, 5.74) is 1.65. The number of aromatic nitrogens is 1. The first-order valence-corrected chi connectivity index (χ1v) is 11.8. The van der Waals surface area contributed by atoms with E-state index in [1.54, 1.807) is 48.5 Å². The van der Waals surface area contributed by atoms with E-state index in [0.29, 0.717) is 34.3 Å². The van der Waals surface area contributed by atoms with Gasteiger partial charge in [0.1, 0.15) is 17.4 Å². The zero-order valence-corrected chi connectivity index (χ0v) is 19.0. The van der Waals surface area contributed by atoms with Gasteiger partial charge in [0.15, 0.2) is 0 Å². The minimum Gasteiger partial charge on any atom is -0.486 e. The monoisotopic (exact) mass is 469 g/mol. The topological polar surface area (TPSA) is 80.3 Å². The van der Waals surface area contributed by atoms with Crippen LogP contribution in [0.5, 0.6) is 5.75 Å². The summed E-state index contributed by atoms with van der Waals surface area (Å²) in [5, 5.41) is 9.20. The molecule has 1 fully saturated rings. The first-order chi connectivity index (χ1) is 15.6. The number of carbonyl (C=O) groups is 2. The summed E-state index contributed by atoms with van der Waals surface area (Å²) >= 11 is 7.32. The molecule has 2 N–H and O–H groups in total. The Kier molecular flexibility index (Phi) is 7.39. The van der Waals surface area contributed by atoms with Gasteiger partial charge in [-0.15, -0.1) is 11.3 Å². The number of rotatable bonds is 8. The molecule has 1 aliphatic rings. The Morgan fingerprint density at radius 1 is 1.09 bits per heavy atom. The van der Waals surface area contributed by atoms with Gasteiger partial charge in [-0.05, 0) is 49.2 Å². The van der Waals surface area contributed by atoms with Crippen molar-refractivity contribution >= 4 is 40.4 Å². The number of halogens is 1. The maximum absolute atomic E-state index is 12.7. The van der Waals surface area contributed by atoms with Gasteiger partial charge >= 0.3 is 0 Å². The molecule has 0 aliphatic heterocycles. The fourth-order valence-electron chi connectivity index (χ4n) is 3.65. The highest BCUT2D eigenvalue weighted by Gasteiger charge is 2.20. The maximum atomic E-state index is 12.7. The average molecular weight is 470 g/mol. The van der Waals surface area contributed by atoms with Crippen molar-refractivity contribution in [2.24, 2.45) is 0 Å². The smallest absolute Gasteiger partial charge is 0.253 e. The van der Waals surface area contributed by atoms with Crippen LogP contribution < -0.4 is 15.4 Å². The number of carbonyl (C=O) groups excluding carboxylic acids is 2. The Labute approximate surface area is 196 Å². The lowest BCUT2D eigenvalue weighted by molar-refractivity contribution is -0.115. The molecule has 4 rings (SSSR count). The van der Waals surface area contributed by atoms with Crippen LogP contribution in [-0.2, 0) is 17.8 Å². The molecule has 32 heavy (non-hydrogen) atoms. The van der Waals surface area contributed by atoms with Gasteiger partial charge in [0.05, 0.1) is 23.4 Å². The molecular formula is C24H24ClN3O3S. The number of amides is 2. The van der Waals surface area contributed by atoms with Crippen molar-refractivity contribution in [2.45, 2.75) is 44.8 Å². The van der Waals surface area contributed by atoms with Crippen molar-refractivity contribution in [3.63, 3.8) is 0 Å². The van der Waals surface area contributed by atoms with E-state index in [-0.39, 0.29) is 24.3 Å². The second kappa shape index (κ2) is 10.6. The van der Waals surface area contributed by atoms with Crippen molar-refractivity contribution in [1.29, 1.82) is 0 Å². The number of benzene rings is 2. The van der Waals surface area contributed by atoms with Crippen LogP contribution in [0.15, 0.2) is 53.9 Å². The normalized spacial score (nSPS) is 13.7. The van der Waals surface area contributed by atoms with E-state index < -0.39 is 0 Å². The van der Waals surface area contributed by atoms with Crippen LogP contribution in [0.3, 0.4) is 0 Å². The zero-order valence-electron chi connectivity index (χ0n) is 17.5. The van der Waals surface area contributed by atoms with Crippen molar-refractivity contribution < 1.29 is 14.3 Å². The molecular weight excluding hydrogens is 446 g/mol. The van der Waals surface area contributed by atoms with Gasteiger partial charge in [0.25, 0.3) is 5.91 Å². The molecule has 0 saturated heterocycles. The molecule has 6 nitrogen and oxygen atoms in total. The molecule has 1 saturated carbocycles. The van der Waals surface area contributed by atoms with Crippen LogP contribution in [-0.4, -0.2) is 22.8 Å². The van der Waals surface area contributed by atoms with Crippen molar-refractivity contribution in [3.8, 4) is 5.75 Å². The van der Waals surface area contributed by atoms with Gasteiger partial charge in [0.2, 0.25) is 5.91 Å². The molecule has 0 radical (unpaired) electrons. The molecule has 0 unspecified atom stereocenters. The summed E-state index contributed by atoms with van der Waals surface area (Å²) in [6.45, 7) is 0.318. The second-order valence-corrected chi connectivity index (χ2v) is 9.08. The lowest BCUT2D eigenvalue weighted by Crippen LogP contribution is -2.33. The van der Waals surface area contributed by atoms with Crippen LogP contribution in [0.4, 0.5) is 5.69 Å². The number of nitrogens with zero attached hydrogens (tertiary/aromatic N) is 1. The largest absolute Gasteiger partial charge is 0.486 e. The Morgan fingerprint density at radius 2 is 1.84 bits per heavy atom. The summed E-state index contributed by atoms with van der Waals surface area (Å²) in [7, 11) is 0. The highest BCUT2D eigenvalue weighted by atomic mass is 35.5. The van der Waals surface area contributed by atoms with Gasteiger partial charge in [-0.3, -0.25) is 9.59 Å². The summed E-state index contributed by atoms with van der Waals surface area (Å²) < 4.78 is 5.70. The highest BCUT2D eigenvalue weighted by Crippen LogP contribution is 2.21. The van der Waals surface area contributed by atoms with E-state index in [2.05, 4.69) is 15.6 Å². The molecule has 2 aromatic carbocycles. The third-order valence-corrected chi connectivity index (χ3v) is 6.38. The predicted octanol–water partition coefficient (Wildman–Crippen LogP) is 5.23. The van der Waals surface area contributed by atoms with E-state index in [9.17, 15) is 9.59 Å². The van der Waals surface area contributed by atoms with E-state index in [1.165, 1.54) is 11.3 Å². The lowest BCUT2D eigenvalue weighted by atomic mass is 10.1. The number of hydrogen-bond donors (Lipinski definition) is 2. The minimum absolute atomic E-state index is 0.121. The third-order valence-electron chi connectivity index (χ3n) is 5.25. The predicted molar refractivity (Wildman–Crippen MR) is 126 cm³/mol. The molecule has 1 heterocycles. The molecule has 0 spiro atoms. The SMILES string of the molecule is O=C(Cc1csc(COc2ccc(Cl)cc2)n1)Nc1ccccc1C(=O)NC1CCCC1. The number of ether oxygens (including phenoxy) is 1. The molecule has 1 aromatic heterocycles. The standard InChI is InChI=1S/C24H24ClN3O3S/c25-16-9-11-19(12-10-16)31-14-23-26-18(15-32-23)13-22(29)28-21-8-4-3-7-20(21)24(30)27-17-5-1-2-6-17/h3-4,7-12,15,17H,1-2,5-6,13-14H2,(H,27,30)(H,28,29). The molecule has 2 amide bonds. The third kappa shape index (κ3) is 6.08. The van der Waals surface area contributed by atoms with E-state index in [4.69, 9.17) is 16.3 Å². The van der Waals surface area contributed by atoms with Crippen LogP contribution in [0.1, 0.15) is 46.7 Å². The molecule has 0 bridgehead atoms. The minimum atomic E-state index is -0.221. The Morgan fingerprint density at radius 3 is 2.62 bits per heavy atom. The first-order valence-electron chi connectivity index (χ1n) is 10.6. The fourth-order valence-corrected chi connectivity index (χ4v) is 4.49. The molecule has 8 heteroatoms. The fraction of sp³-hybridized carbons (Fsp3) is 0.292. The number of nitrogens with one attached hydrogen (secondary N) is 2. The lowest BCUT2D eigenvalue weighted by Gasteiger charge is -2.14. The highest BCUT2D eigenvalue weighted by molar-refractivity contribution is 7.09. The van der Waals surface area contributed by atoms with Gasteiger partial charge in [-0.25, -0.2) is 4.98 Å². The van der Waals surface area contributed by atoms with Gasteiger partial charge in [-0.2, -0.15) is 0 Å². The van der Waals surface area contributed by atoms with Gasteiger partial charge < -0.3 is 15.4 Å². The molecule has 0 atom stereocenters. The first kappa shape index (κ1) is 22.3. The summed E-state index contributed by atoms with van der Waals surface area (Å²) in [4.78, 5) is 29.8. The summed E-state index contributed by atoms with van der Waals surface area (Å²) in [6, 6.07) is 14.4. The van der Waals surface area contributed by atoms with Crippen LogP contribution >= 0.6 is 22.9 Å². The number of thiazole rings is 1. The number of para-hydroxylation sites is 1. The van der Waals surface area contributed by atoms with Crippen molar-refractivity contribution in [2.75, 3.05) is 5.32 Å². The summed E-state index contributed by atoms with van der Waals surface area (Å²) in [6.07, 6.45) is 4.42. The van der Waals surface area contributed by atoms with Gasteiger partial charge in [-0.1, -0.05) is 36.6 Å². The van der Waals surface area contributed by atoms with E-state index in [1.807, 2.05) is 5.38 Å². The molecule has 3 aromatic rings. The van der Waals surface area contributed by atoms with Crippen molar-refractivity contribution in [3.05, 3.63) is 75.2 Å². The van der Waals surface area contributed by atoms with Crippen LogP contribution in [0, 0.1) is 0 Å². The van der Waals surface area contributed by atoms with E-state index in [0.717, 1.165) is 30.7 Å². The Bertz CT molecular complexity index is 1080. The molecule has 1 aliphatic carbocycles. The number of hydrogen-bond acceptors (Lipinski definition) is 5. The van der Waals surface area contributed by atoms with Crippen LogP contribution in [0.25, 0.3) is 0 Å². The zero-order chi connectivity index (χ0) is 22.3. The quantitative estimate of drug-likeness (QED) is 0.473. The summed E-state index contributed by atoms with van der Waals surface area (Å²) in [5.74, 6) is 0.334. The van der Waals surface area contributed by atoms with Crippen LogP contribution in [0.2, 0.25) is 5.02 Å². The second-order valence-electron chi connectivity index (χ2n) is 7.70. The Hall–Kier alpha value is -2.90. The maximum Gasteiger partial charge on any atom is 0.253 e.